The lowest BCUT2D eigenvalue weighted by atomic mass is 9.98. The lowest BCUT2D eigenvalue weighted by Gasteiger charge is -2.18. The summed E-state index contributed by atoms with van der Waals surface area (Å²) in [6.07, 6.45) is 5.77. The van der Waals surface area contributed by atoms with E-state index in [1.165, 1.54) is 16.7 Å². The molecule has 0 bridgehead atoms. The number of hydrogen-bond acceptors (Lipinski definition) is 3. The van der Waals surface area contributed by atoms with Crippen molar-refractivity contribution in [3.8, 4) is 5.75 Å². The summed E-state index contributed by atoms with van der Waals surface area (Å²) >= 11 is 6.25. The average Bonchev–Trinajstić information content (AvgIpc) is 3.06. The van der Waals surface area contributed by atoms with Crippen LogP contribution in [0.2, 0.25) is 5.02 Å². The standard InChI is InChI=1S/C16H20ClN3O/c1-3-18-15(13-9-19-20(2)10-13)8-12-7-14(17)6-11-4-5-21-16(11)12/h6-7,9-10,15,18H,3-5,8H2,1-2H3. The molecule has 21 heavy (non-hydrogen) atoms. The lowest BCUT2D eigenvalue weighted by molar-refractivity contribution is 0.351. The molecule has 1 unspecified atom stereocenters. The Bertz CT molecular complexity index is 638. The zero-order valence-electron chi connectivity index (χ0n) is 12.4. The molecule has 112 valence electrons. The molecule has 1 aromatic carbocycles. The van der Waals surface area contributed by atoms with Gasteiger partial charge < -0.3 is 10.1 Å². The lowest BCUT2D eigenvalue weighted by Crippen LogP contribution is -2.22. The number of fused-ring (bicyclic) bond motifs is 1. The smallest absolute Gasteiger partial charge is 0.125 e. The van der Waals surface area contributed by atoms with Crippen LogP contribution in [0.15, 0.2) is 24.5 Å². The quantitative estimate of drug-likeness (QED) is 0.923. The maximum absolute atomic E-state index is 6.25. The molecule has 0 aliphatic carbocycles. The number of ether oxygens (including phenoxy) is 1. The molecule has 3 rings (SSSR count). The summed E-state index contributed by atoms with van der Waals surface area (Å²) in [5.74, 6) is 1.02. The van der Waals surface area contributed by atoms with Crippen LogP contribution in [0.5, 0.6) is 5.75 Å². The molecule has 2 heterocycles. The van der Waals surface area contributed by atoms with E-state index in [0.717, 1.165) is 36.8 Å². The molecule has 2 aromatic rings. The van der Waals surface area contributed by atoms with Crippen LogP contribution in [-0.2, 0) is 19.9 Å². The summed E-state index contributed by atoms with van der Waals surface area (Å²) in [7, 11) is 1.94. The zero-order valence-corrected chi connectivity index (χ0v) is 13.2. The van der Waals surface area contributed by atoms with Gasteiger partial charge in [-0.25, -0.2) is 0 Å². The number of rotatable bonds is 5. The normalized spacial score (nSPS) is 14.8. The van der Waals surface area contributed by atoms with Gasteiger partial charge in [0, 0.05) is 36.3 Å². The first-order chi connectivity index (χ1) is 10.2. The SMILES string of the molecule is CCNC(Cc1cc(Cl)cc2c1OCC2)c1cnn(C)c1. The van der Waals surface area contributed by atoms with Gasteiger partial charge in [0.15, 0.2) is 0 Å². The largest absolute Gasteiger partial charge is 0.493 e. The molecule has 1 aliphatic heterocycles. The van der Waals surface area contributed by atoms with Gasteiger partial charge in [0.05, 0.1) is 12.8 Å². The van der Waals surface area contributed by atoms with Gasteiger partial charge in [0.1, 0.15) is 5.75 Å². The van der Waals surface area contributed by atoms with Crippen molar-refractivity contribution in [2.45, 2.75) is 25.8 Å². The van der Waals surface area contributed by atoms with Crippen molar-refractivity contribution in [3.63, 3.8) is 0 Å². The van der Waals surface area contributed by atoms with Crippen molar-refractivity contribution >= 4 is 11.6 Å². The third-order valence-electron chi connectivity index (χ3n) is 3.83. The Hall–Kier alpha value is -1.52. The van der Waals surface area contributed by atoms with Gasteiger partial charge >= 0.3 is 0 Å². The number of benzene rings is 1. The molecule has 0 spiro atoms. The first kappa shape index (κ1) is 14.4. The highest BCUT2D eigenvalue weighted by Gasteiger charge is 2.21. The number of halogens is 1. The van der Waals surface area contributed by atoms with Gasteiger partial charge in [-0.3, -0.25) is 4.68 Å². The van der Waals surface area contributed by atoms with E-state index in [0.29, 0.717) is 0 Å². The van der Waals surface area contributed by atoms with Crippen LogP contribution in [0.4, 0.5) is 0 Å². The van der Waals surface area contributed by atoms with Gasteiger partial charge in [0.25, 0.3) is 0 Å². The van der Waals surface area contributed by atoms with E-state index in [1.54, 1.807) is 0 Å². The minimum atomic E-state index is 0.218. The number of nitrogens with zero attached hydrogens (tertiary/aromatic N) is 2. The molecular weight excluding hydrogens is 286 g/mol. The second-order valence-corrected chi connectivity index (χ2v) is 5.85. The number of aryl methyl sites for hydroxylation is 1. The molecule has 1 aliphatic rings. The summed E-state index contributed by atoms with van der Waals surface area (Å²) in [5.41, 5.74) is 3.58. The molecule has 1 N–H and O–H groups in total. The Morgan fingerprint density at radius 1 is 1.48 bits per heavy atom. The molecule has 0 amide bonds. The molecule has 5 heteroatoms. The highest BCUT2D eigenvalue weighted by atomic mass is 35.5. The van der Waals surface area contributed by atoms with E-state index in [-0.39, 0.29) is 6.04 Å². The predicted molar refractivity (Wildman–Crippen MR) is 84.0 cm³/mol. The van der Waals surface area contributed by atoms with Gasteiger partial charge in [-0.05, 0) is 36.2 Å². The minimum Gasteiger partial charge on any atom is -0.493 e. The fourth-order valence-corrected chi connectivity index (χ4v) is 3.16. The van der Waals surface area contributed by atoms with Crippen molar-refractivity contribution in [1.82, 2.24) is 15.1 Å². The van der Waals surface area contributed by atoms with Crippen LogP contribution in [0.25, 0.3) is 0 Å². The zero-order chi connectivity index (χ0) is 14.8. The maximum Gasteiger partial charge on any atom is 0.125 e. The van der Waals surface area contributed by atoms with E-state index >= 15 is 0 Å². The summed E-state index contributed by atoms with van der Waals surface area (Å²) in [5, 5.41) is 8.58. The number of likely N-dealkylation sites (N-methyl/N-ethyl adjacent to an activating group) is 1. The molecular formula is C16H20ClN3O. The van der Waals surface area contributed by atoms with E-state index < -0.39 is 0 Å². The summed E-state index contributed by atoms with van der Waals surface area (Å²) in [4.78, 5) is 0. The first-order valence-electron chi connectivity index (χ1n) is 7.33. The van der Waals surface area contributed by atoms with Crippen molar-refractivity contribution in [3.05, 3.63) is 46.2 Å². The second kappa shape index (κ2) is 6.08. The van der Waals surface area contributed by atoms with Gasteiger partial charge in [0.2, 0.25) is 0 Å². The van der Waals surface area contributed by atoms with Gasteiger partial charge in [-0.15, -0.1) is 0 Å². The fraction of sp³-hybridized carbons (Fsp3) is 0.438. The molecule has 0 saturated carbocycles. The van der Waals surface area contributed by atoms with Crippen LogP contribution in [0, 0.1) is 0 Å². The summed E-state index contributed by atoms with van der Waals surface area (Å²) in [6.45, 7) is 3.77. The summed E-state index contributed by atoms with van der Waals surface area (Å²) < 4.78 is 7.63. The van der Waals surface area contributed by atoms with E-state index in [1.807, 2.05) is 30.1 Å². The van der Waals surface area contributed by atoms with E-state index in [4.69, 9.17) is 16.3 Å². The Labute approximate surface area is 130 Å². The van der Waals surface area contributed by atoms with Crippen molar-refractivity contribution < 1.29 is 4.74 Å². The maximum atomic E-state index is 6.25. The summed E-state index contributed by atoms with van der Waals surface area (Å²) in [6, 6.07) is 4.25. The molecule has 1 aromatic heterocycles. The fourth-order valence-electron chi connectivity index (χ4n) is 2.89. The number of hydrogen-bond donors (Lipinski definition) is 1. The Morgan fingerprint density at radius 2 is 2.33 bits per heavy atom. The topological polar surface area (TPSA) is 39.1 Å². The van der Waals surface area contributed by atoms with Gasteiger partial charge in [-0.1, -0.05) is 18.5 Å². The van der Waals surface area contributed by atoms with Crippen LogP contribution < -0.4 is 10.1 Å². The second-order valence-electron chi connectivity index (χ2n) is 5.41. The molecule has 4 nitrogen and oxygen atoms in total. The highest BCUT2D eigenvalue weighted by Crippen LogP contribution is 2.35. The van der Waals surface area contributed by atoms with Crippen LogP contribution >= 0.6 is 11.6 Å². The molecule has 0 radical (unpaired) electrons. The molecule has 1 atom stereocenters. The number of aromatic nitrogens is 2. The van der Waals surface area contributed by atoms with Crippen molar-refractivity contribution in [1.29, 1.82) is 0 Å². The van der Waals surface area contributed by atoms with E-state index in [2.05, 4.69) is 23.5 Å². The Kier molecular flexibility index (Phi) is 4.17. The highest BCUT2D eigenvalue weighted by molar-refractivity contribution is 6.30. The minimum absolute atomic E-state index is 0.218. The third kappa shape index (κ3) is 3.06. The van der Waals surface area contributed by atoms with Gasteiger partial charge in [-0.2, -0.15) is 5.10 Å². The van der Waals surface area contributed by atoms with Crippen LogP contribution in [0.3, 0.4) is 0 Å². The first-order valence-corrected chi connectivity index (χ1v) is 7.71. The monoisotopic (exact) mass is 305 g/mol. The number of nitrogens with one attached hydrogen (secondary N) is 1. The van der Waals surface area contributed by atoms with Crippen LogP contribution in [-0.4, -0.2) is 22.9 Å². The third-order valence-corrected chi connectivity index (χ3v) is 4.05. The van der Waals surface area contributed by atoms with Crippen molar-refractivity contribution in [2.24, 2.45) is 7.05 Å². The molecule has 0 fully saturated rings. The Balaban J connectivity index is 1.90. The average molecular weight is 306 g/mol. The van der Waals surface area contributed by atoms with Crippen molar-refractivity contribution in [2.75, 3.05) is 13.2 Å². The Morgan fingerprint density at radius 3 is 3.05 bits per heavy atom. The van der Waals surface area contributed by atoms with E-state index in [9.17, 15) is 0 Å². The molecule has 0 saturated heterocycles. The van der Waals surface area contributed by atoms with Crippen LogP contribution in [0.1, 0.15) is 29.7 Å². The predicted octanol–water partition coefficient (Wildman–Crippen LogP) is 2.90.